The second-order valence-corrected chi connectivity index (χ2v) is 6.67. The third-order valence-electron chi connectivity index (χ3n) is 3.62. The lowest BCUT2D eigenvalue weighted by Crippen LogP contribution is -2.26. The Morgan fingerprint density at radius 2 is 2.13 bits per heavy atom. The lowest BCUT2D eigenvalue weighted by molar-refractivity contribution is -0.120. The summed E-state index contributed by atoms with van der Waals surface area (Å²) in [6.07, 6.45) is 4.44. The summed E-state index contributed by atoms with van der Waals surface area (Å²) in [5, 5.41) is 5.65. The predicted molar refractivity (Wildman–Crippen MR) is 95.1 cm³/mol. The molecule has 0 radical (unpaired) electrons. The zero-order chi connectivity index (χ0) is 16.2. The lowest BCUT2D eigenvalue weighted by Gasteiger charge is -2.03. The molecule has 2 heterocycles. The van der Waals surface area contributed by atoms with Gasteiger partial charge in [0.05, 0.1) is 12.1 Å². The van der Waals surface area contributed by atoms with E-state index in [0.717, 1.165) is 41.3 Å². The van der Waals surface area contributed by atoms with Gasteiger partial charge in [0.15, 0.2) is 4.96 Å². The van der Waals surface area contributed by atoms with Gasteiger partial charge in [-0.15, -0.1) is 11.3 Å². The van der Waals surface area contributed by atoms with Gasteiger partial charge in [0.1, 0.15) is 0 Å². The molecule has 120 valence electrons. The van der Waals surface area contributed by atoms with Crippen LogP contribution in [-0.2, 0) is 11.2 Å². The molecule has 0 fully saturated rings. The van der Waals surface area contributed by atoms with E-state index >= 15 is 0 Å². The van der Waals surface area contributed by atoms with E-state index in [9.17, 15) is 4.79 Å². The van der Waals surface area contributed by atoms with Crippen molar-refractivity contribution in [2.45, 2.75) is 26.2 Å². The van der Waals surface area contributed by atoms with Crippen LogP contribution in [0.25, 0.3) is 16.2 Å². The van der Waals surface area contributed by atoms with E-state index in [0.29, 0.717) is 11.4 Å². The van der Waals surface area contributed by atoms with E-state index in [1.54, 1.807) is 11.3 Å². The summed E-state index contributed by atoms with van der Waals surface area (Å²) in [5.41, 5.74) is 2.87. The Hall–Kier alpha value is -1.85. The topological polar surface area (TPSA) is 46.4 Å². The molecule has 0 aliphatic heterocycles. The number of amides is 1. The van der Waals surface area contributed by atoms with Crippen molar-refractivity contribution >= 4 is 33.8 Å². The highest BCUT2D eigenvalue weighted by molar-refractivity contribution is 7.15. The van der Waals surface area contributed by atoms with Crippen LogP contribution in [0.15, 0.2) is 35.8 Å². The van der Waals surface area contributed by atoms with Crippen molar-refractivity contribution in [3.8, 4) is 11.3 Å². The molecular formula is C17H18ClN3OS. The minimum Gasteiger partial charge on any atom is -0.356 e. The molecule has 2 aromatic heterocycles. The molecule has 1 aromatic carbocycles. The molecule has 1 amide bonds. The average Bonchev–Trinajstić information content (AvgIpc) is 3.10. The van der Waals surface area contributed by atoms with Crippen LogP contribution in [0, 0.1) is 0 Å². The Kier molecular flexibility index (Phi) is 4.98. The number of hydrogen-bond acceptors (Lipinski definition) is 3. The molecule has 1 N–H and O–H groups in total. The minimum absolute atomic E-state index is 0.0555. The summed E-state index contributed by atoms with van der Waals surface area (Å²) in [5.74, 6) is 0.0555. The fourth-order valence-corrected chi connectivity index (χ4v) is 3.35. The van der Waals surface area contributed by atoms with Gasteiger partial charge in [-0.2, -0.15) is 0 Å². The smallest absolute Gasteiger partial charge is 0.225 e. The molecule has 3 aromatic rings. The molecule has 3 rings (SSSR count). The second kappa shape index (κ2) is 7.15. The molecule has 0 saturated carbocycles. The van der Waals surface area contributed by atoms with Crippen molar-refractivity contribution in [3.63, 3.8) is 0 Å². The molecule has 6 heteroatoms. The number of imidazole rings is 1. The average molecular weight is 348 g/mol. The summed E-state index contributed by atoms with van der Waals surface area (Å²) >= 11 is 7.47. The minimum atomic E-state index is 0.0555. The maximum Gasteiger partial charge on any atom is 0.225 e. The summed E-state index contributed by atoms with van der Waals surface area (Å²) in [7, 11) is 0. The Bertz CT molecular complexity index is 807. The maximum atomic E-state index is 12.0. The van der Waals surface area contributed by atoms with Crippen LogP contribution < -0.4 is 5.32 Å². The van der Waals surface area contributed by atoms with E-state index in [2.05, 4.69) is 17.2 Å². The van der Waals surface area contributed by atoms with Gasteiger partial charge in [-0.3, -0.25) is 9.20 Å². The molecule has 0 atom stereocenters. The van der Waals surface area contributed by atoms with E-state index in [4.69, 9.17) is 11.6 Å². The quantitative estimate of drug-likeness (QED) is 0.680. The van der Waals surface area contributed by atoms with Crippen LogP contribution in [0.5, 0.6) is 0 Å². The Labute approximate surface area is 144 Å². The van der Waals surface area contributed by atoms with Crippen LogP contribution in [0.3, 0.4) is 0 Å². The van der Waals surface area contributed by atoms with Gasteiger partial charge >= 0.3 is 0 Å². The Balaban J connectivity index is 1.78. The van der Waals surface area contributed by atoms with E-state index in [-0.39, 0.29) is 5.91 Å². The van der Waals surface area contributed by atoms with Gasteiger partial charge in [0.2, 0.25) is 5.91 Å². The number of carbonyl (C=O) groups is 1. The van der Waals surface area contributed by atoms with Crippen LogP contribution in [0.4, 0.5) is 0 Å². The molecule has 0 saturated heterocycles. The first-order chi connectivity index (χ1) is 11.2. The third-order valence-corrected chi connectivity index (χ3v) is 4.76. The number of benzene rings is 1. The van der Waals surface area contributed by atoms with Gasteiger partial charge in [-0.25, -0.2) is 4.98 Å². The SMILES string of the molecule is CCCCNC(=O)Cc1csc2nc(-c3ccc(Cl)cc3)cn12. The first-order valence-electron chi connectivity index (χ1n) is 7.65. The van der Waals surface area contributed by atoms with Crippen molar-refractivity contribution < 1.29 is 4.79 Å². The number of thiazole rings is 1. The number of aromatic nitrogens is 2. The van der Waals surface area contributed by atoms with E-state index in [1.165, 1.54) is 0 Å². The highest BCUT2D eigenvalue weighted by atomic mass is 35.5. The fourth-order valence-electron chi connectivity index (χ4n) is 2.35. The molecule has 4 nitrogen and oxygen atoms in total. The van der Waals surface area contributed by atoms with Crippen molar-refractivity contribution in [1.29, 1.82) is 0 Å². The summed E-state index contributed by atoms with van der Waals surface area (Å²) in [6.45, 7) is 2.85. The number of hydrogen-bond donors (Lipinski definition) is 1. The zero-order valence-corrected chi connectivity index (χ0v) is 14.5. The predicted octanol–water partition coefficient (Wildman–Crippen LogP) is 4.18. The number of halogens is 1. The number of fused-ring (bicyclic) bond motifs is 1. The summed E-state index contributed by atoms with van der Waals surface area (Å²) < 4.78 is 1.99. The van der Waals surface area contributed by atoms with Crippen molar-refractivity contribution in [3.05, 3.63) is 46.6 Å². The normalized spacial score (nSPS) is 11.0. The highest BCUT2D eigenvalue weighted by Gasteiger charge is 2.12. The summed E-state index contributed by atoms with van der Waals surface area (Å²) in [4.78, 5) is 17.5. The standard InChI is InChI=1S/C17H18ClN3OS/c1-2-3-8-19-16(22)9-14-11-23-17-20-15(10-21(14)17)12-4-6-13(18)7-5-12/h4-7,10-11H,2-3,8-9H2,1H3,(H,19,22). The molecule has 0 bridgehead atoms. The van der Waals surface area contributed by atoms with Crippen LogP contribution in [-0.4, -0.2) is 21.8 Å². The lowest BCUT2D eigenvalue weighted by atomic mass is 10.2. The molecule has 23 heavy (non-hydrogen) atoms. The fraction of sp³-hybridized carbons (Fsp3) is 0.294. The van der Waals surface area contributed by atoms with Gasteiger partial charge in [-0.1, -0.05) is 37.1 Å². The van der Waals surface area contributed by atoms with Crippen LogP contribution >= 0.6 is 22.9 Å². The van der Waals surface area contributed by atoms with Gasteiger partial charge in [0, 0.05) is 34.4 Å². The Morgan fingerprint density at radius 1 is 1.35 bits per heavy atom. The number of rotatable bonds is 6. The molecule has 0 aliphatic carbocycles. The number of nitrogens with zero attached hydrogens (tertiary/aromatic N) is 2. The zero-order valence-electron chi connectivity index (χ0n) is 12.9. The second-order valence-electron chi connectivity index (χ2n) is 5.39. The van der Waals surface area contributed by atoms with Gasteiger partial charge in [-0.05, 0) is 18.6 Å². The molecule has 0 spiro atoms. The van der Waals surface area contributed by atoms with Crippen molar-refractivity contribution in [2.75, 3.05) is 6.54 Å². The van der Waals surface area contributed by atoms with Crippen LogP contribution in [0.1, 0.15) is 25.5 Å². The van der Waals surface area contributed by atoms with E-state index < -0.39 is 0 Å². The van der Waals surface area contributed by atoms with Crippen molar-refractivity contribution in [1.82, 2.24) is 14.7 Å². The maximum absolute atomic E-state index is 12.0. The third kappa shape index (κ3) is 3.74. The highest BCUT2D eigenvalue weighted by Crippen LogP contribution is 2.25. The molecule has 0 aliphatic rings. The number of nitrogens with one attached hydrogen (secondary N) is 1. The largest absolute Gasteiger partial charge is 0.356 e. The summed E-state index contributed by atoms with van der Waals surface area (Å²) in [6, 6.07) is 7.61. The first kappa shape index (κ1) is 16.0. The van der Waals surface area contributed by atoms with Crippen molar-refractivity contribution in [2.24, 2.45) is 0 Å². The Morgan fingerprint density at radius 3 is 2.87 bits per heavy atom. The number of carbonyl (C=O) groups excluding carboxylic acids is 1. The van der Waals surface area contributed by atoms with Gasteiger partial charge < -0.3 is 5.32 Å². The molecular weight excluding hydrogens is 330 g/mol. The molecule has 0 unspecified atom stereocenters. The van der Waals surface area contributed by atoms with E-state index in [1.807, 2.05) is 40.2 Å². The van der Waals surface area contributed by atoms with Crippen LogP contribution in [0.2, 0.25) is 5.02 Å². The monoisotopic (exact) mass is 347 g/mol. The first-order valence-corrected chi connectivity index (χ1v) is 8.91. The number of unbranched alkanes of at least 4 members (excludes halogenated alkanes) is 1. The van der Waals surface area contributed by atoms with Gasteiger partial charge in [0.25, 0.3) is 0 Å².